The summed E-state index contributed by atoms with van der Waals surface area (Å²) in [6.45, 7) is 5.82. The highest BCUT2D eigenvalue weighted by molar-refractivity contribution is 6.39. The Labute approximate surface area is 132 Å². The van der Waals surface area contributed by atoms with E-state index in [9.17, 15) is 14.7 Å². The summed E-state index contributed by atoms with van der Waals surface area (Å²) in [5, 5.41) is 15.2. The van der Waals surface area contributed by atoms with Crippen LogP contribution >= 0.6 is 0 Å². The van der Waals surface area contributed by atoms with Crippen LogP contribution in [0.4, 0.5) is 5.69 Å². The summed E-state index contributed by atoms with van der Waals surface area (Å²) in [5.74, 6) is -1.44. The minimum absolute atomic E-state index is 0.0723. The first kappa shape index (κ1) is 18.2. The van der Waals surface area contributed by atoms with Crippen molar-refractivity contribution in [3.8, 4) is 0 Å². The van der Waals surface area contributed by atoms with Crippen molar-refractivity contribution in [2.75, 3.05) is 11.9 Å². The summed E-state index contributed by atoms with van der Waals surface area (Å²) in [4.78, 5) is 23.8. The van der Waals surface area contributed by atoms with E-state index in [0.717, 1.165) is 18.4 Å². The monoisotopic (exact) mass is 306 g/mol. The van der Waals surface area contributed by atoms with Crippen LogP contribution in [0.5, 0.6) is 0 Å². The molecular formula is C17H26N2O3. The number of hydrogen-bond acceptors (Lipinski definition) is 3. The fourth-order valence-electron chi connectivity index (χ4n) is 2.13. The molecular weight excluding hydrogens is 280 g/mol. The molecule has 122 valence electrons. The molecule has 2 amide bonds. The lowest BCUT2D eigenvalue weighted by molar-refractivity contribution is -0.136. The molecule has 0 saturated carbocycles. The normalized spacial score (nSPS) is 11.1. The maximum Gasteiger partial charge on any atom is 0.313 e. The van der Waals surface area contributed by atoms with Gasteiger partial charge >= 0.3 is 11.8 Å². The predicted octanol–water partition coefficient (Wildman–Crippen LogP) is 2.24. The van der Waals surface area contributed by atoms with Gasteiger partial charge in [0.1, 0.15) is 0 Å². The first-order valence-corrected chi connectivity index (χ1v) is 7.85. The number of aryl methyl sites for hydroxylation is 1. The van der Waals surface area contributed by atoms with Gasteiger partial charge in [0.05, 0.1) is 5.60 Å². The van der Waals surface area contributed by atoms with E-state index in [-0.39, 0.29) is 6.54 Å². The van der Waals surface area contributed by atoms with Crippen LogP contribution in [-0.4, -0.2) is 29.1 Å². The molecule has 0 radical (unpaired) electrons. The highest BCUT2D eigenvalue weighted by Gasteiger charge is 2.24. The summed E-state index contributed by atoms with van der Waals surface area (Å²) in [7, 11) is 0. The van der Waals surface area contributed by atoms with E-state index >= 15 is 0 Å². The van der Waals surface area contributed by atoms with Gasteiger partial charge in [-0.2, -0.15) is 0 Å². The second-order valence-electron chi connectivity index (χ2n) is 5.48. The molecule has 0 unspecified atom stereocenters. The van der Waals surface area contributed by atoms with Crippen molar-refractivity contribution in [3.63, 3.8) is 0 Å². The molecule has 0 saturated heterocycles. The van der Waals surface area contributed by atoms with Crippen molar-refractivity contribution in [1.82, 2.24) is 5.32 Å². The molecule has 0 aliphatic rings. The Hall–Kier alpha value is -1.88. The van der Waals surface area contributed by atoms with Gasteiger partial charge < -0.3 is 15.7 Å². The van der Waals surface area contributed by atoms with Crippen LogP contribution in [0.3, 0.4) is 0 Å². The third-order valence-electron chi connectivity index (χ3n) is 3.89. The van der Waals surface area contributed by atoms with Crippen molar-refractivity contribution in [3.05, 3.63) is 29.8 Å². The van der Waals surface area contributed by atoms with Crippen LogP contribution in [0.25, 0.3) is 0 Å². The van der Waals surface area contributed by atoms with E-state index in [0.29, 0.717) is 18.5 Å². The van der Waals surface area contributed by atoms with Crippen LogP contribution in [0, 0.1) is 0 Å². The lowest BCUT2D eigenvalue weighted by atomic mass is 9.98. The van der Waals surface area contributed by atoms with Crippen molar-refractivity contribution < 1.29 is 14.7 Å². The summed E-state index contributed by atoms with van der Waals surface area (Å²) in [5.41, 5.74) is 0.700. The average molecular weight is 306 g/mol. The summed E-state index contributed by atoms with van der Waals surface area (Å²) in [6, 6.07) is 7.44. The zero-order valence-electron chi connectivity index (χ0n) is 13.6. The zero-order valence-corrected chi connectivity index (χ0v) is 13.6. The molecule has 0 aromatic heterocycles. The number of para-hydroxylation sites is 1. The Morgan fingerprint density at radius 2 is 1.73 bits per heavy atom. The largest absolute Gasteiger partial charge is 0.388 e. The van der Waals surface area contributed by atoms with E-state index in [1.807, 2.05) is 32.0 Å². The molecule has 3 N–H and O–H groups in total. The van der Waals surface area contributed by atoms with Gasteiger partial charge in [0.25, 0.3) is 0 Å². The number of rotatable bonds is 7. The quantitative estimate of drug-likeness (QED) is 0.676. The molecule has 22 heavy (non-hydrogen) atoms. The number of nitrogens with one attached hydrogen (secondary N) is 2. The molecule has 0 bridgehead atoms. The molecule has 5 heteroatoms. The first-order chi connectivity index (χ1) is 10.5. The number of anilines is 1. The molecule has 1 aromatic rings. The number of carbonyl (C=O) groups is 2. The fraction of sp³-hybridized carbons (Fsp3) is 0.529. The van der Waals surface area contributed by atoms with Gasteiger partial charge in [-0.15, -0.1) is 0 Å². The van der Waals surface area contributed by atoms with Crippen molar-refractivity contribution >= 4 is 17.5 Å². The third kappa shape index (κ3) is 5.15. The lowest BCUT2D eigenvalue weighted by Crippen LogP contribution is -2.45. The standard InChI is InChI=1S/C17H26N2O3/c1-4-9-13-10-7-8-11-14(13)19-16(21)15(20)18-12-17(22,5-2)6-3/h7-8,10-11,22H,4-6,9,12H2,1-3H3,(H,18,20)(H,19,21). The molecule has 0 spiro atoms. The van der Waals surface area contributed by atoms with Gasteiger partial charge in [-0.05, 0) is 30.9 Å². The highest BCUT2D eigenvalue weighted by atomic mass is 16.3. The summed E-state index contributed by atoms with van der Waals surface area (Å²) < 4.78 is 0. The van der Waals surface area contributed by atoms with Gasteiger partial charge in [0.2, 0.25) is 0 Å². The molecule has 5 nitrogen and oxygen atoms in total. The molecule has 0 aliphatic carbocycles. The Kier molecular flexibility index (Phi) is 7.05. The van der Waals surface area contributed by atoms with Gasteiger partial charge in [0, 0.05) is 12.2 Å². The van der Waals surface area contributed by atoms with E-state index in [2.05, 4.69) is 17.6 Å². The van der Waals surface area contributed by atoms with Gasteiger partial charge in [-0.1, -0.05) is 45.4 Å². The number of amides is 2. The zero-order chi connectivity index (χ0) is 16.6. The SMILES string of the molecule is CCCc1ccccc1NC(=O)C(=O)NCC(O)(CC)CC. The second-order valence-corrected chi connectivity index (χ2v) is 5.48. The first-order valence-electron chi connectivity index (χ1n) is 7.85. The Morgan fingerprint density at radius 3 is 2.32 bits per heavy atom. The van der Waals surface area contributed by atoms with Crippen LogP contribution < -0.4 is 10.6 Å². The van der Waals surface area contributed by atoms with Crippen LogP contribution in [0.2, 0.25) is 0 Å². The summed E-state index contributed by atoms with van der Waals surface area (Å²) in [6.07, 6.45) is 2.83. The van der Waals surface area contributed by atoms with E-state index in [4.69, 9.17) is 0 Å². The molecule has 0 heterocycles. The number of aliphatic hydroxyl groups is 1. The van der Waals surface area contributed by atoms with E-state index < -0.39 is 17.4 Å². The van der Waals surface area contributed by atoms with Crippen LogP contribution in [0.15, 0.2) is 24.3 Å². The average Bonchev–Trinajstić information content (AvgIpc) is 2.54. The maximum atomic E-state index is 12.0. The molecule has 0 atom stereocenters. The summed E-state index contributed by atoms with van der Waals surface area (Å²) >= 11 is 0. The van der Waals surface area contributed by atoms with Crippen LogP contribution in [0.1, 0.15) is 45.6 Å². The number of benzene rings is 1. The molecule has 0 aliphatic heterocycles. The number of hydrogen-bond donors (Lipinski definition) is 3. The lowest BCUT2D eigenvalue weighted by Gasteiger charge is -2.25. The van der Waals surface area contributed by atoms with Gasteiger partial charge in [-0.3, -0.25) is 9.59 Å². The second kappa shape index (κ2) is 8.54. The van der Waals surface area contributed by atoms with Crippen molar-refractivity contribution in [1.29, 1.82) is 0 Å². The van der Waals surface area contributed by atoms with E-state index in [1.54, 1.807) is 6.07 Å². The smallest absolute Gasteiger partial charge is 0.313 e. The Balaban J connectivity index is 2.63. The molecule has 0 fully saturated rings. The van der Waals surface area contributed by atoms with Gasteiger partial charge in [-0.25, -0.2) is 0 Å². The Morgan fingerprint density at radius 1 is 1.09 bits per heavy atom. The fourth-order valence-corrected chi connectivity index (χ4v) is 2.13. The predicted molar refractivity (Wildman–Crippen MR) is 87.6 cm³/mol. The number of carbonyl (C=O) groups excluding carboxylic acids is 2. The third-order valence-corrected chi connectivity index (χ3v) is 3.89. The minimum Gasteiger partial charge on any atom is -0.388 e. The molecule has 1 rings (SSSR count). The van der Waals surface area contributed by atoms with Crippen molar-refractivity contribution in [2.45, 2.75) is 52.1 Å². The maximum absolute atomic E-state index is 12.0. The van der Waals surface area contributed by atoms with Gasteiger partial charge in [0.15, 0.2) is 0 Å². The van der Waals surface area contributed by atoms with Crippen LogP contribution in [-0.2, 0) is 16.0 Å². The van der Waals surface area contributed by atoms with Crippen molar-refractivity contribution in [2.24, 2.45) is 0 Å². The van der Waals surface area contributed by atoms with E-state index in [1.165, 1.54) is 0 Å². The Bertz CT molecular complexity index is 510. The topological polar surface area (TPSA) is 78.4 Å². The highest BCUT2D eigenvalue weighted by Crippen LogP contribution is 2.17. The minimum atomic E-state index is -0.962. The molecule has 1 aromatic carbocycles.